The van der Waals surface area contributed by atoms with Crippen LogP contribution in [0.5, 0.6) is 0 Å². The molecular formula is C14H17N3O5. The molecule has 0 saturated carbocycles. The van der Waals surface area contributed by atoms with Crippen LogP contribution in [-0.4, -0.2) is 49.5 Å². The van der Waals surface area contributed by atoms with Gasteiger partial charge in [-0.1, -0.05) is 35.4 Å². The summed E-state index contributed by atoms with van der Waals surface area (Å²) in [6, 6.07) is 8.55. The average molecular weight is 307 g/mol. The van der Waals surface area contributed by atoms with Gasteiger partial charge < -0.3 is 24.1 Å². The molecule has 2 aliphatic heterocycles. The van der Waals surface area contributed by atoms with Gasteiger partial charge in [0.25, 0.3) is 0 Å². The molecule has 1 N–H and O–H groups in total. The second-order valence-electron chi connectivity index (χ2n) is 5.14. The Balaban J connectivity index is 1.79. The first-order valence-electron chi connectivity index (χ1n) is 6.97. The van der Waals surface area contributed by atoms with Crippen LogP contribution in [0, 0.1) is 0 Å². The molecule has 0 aliphatic carbocycles. The van der Waals surface area contributed by atoms with E-state index in [0.717, 1.165) is 5.56 Å². The van der Waals surface area contributed by atoms with E-state index >= 15 is 0 Å². The number of hydrogen-bond donors (Lipinski definition) is 1. The maximum atomic E-state index is 10.5. The van der Waals surface area contributed by atoms with Gasteiger partial charge in [-0.25, -0.2) is 0 Å². The number of methoxy groups -OCH3 is 1. The van der Waals surface area contributed by atoms with E-state index in [1.807, 2.05) is 30.3 Å². The molecule has 2 heterocycles. The van der Waals surface area contributed by atoms with E-state index in [9.17, 15) is 5.11 Å². The lowest BCUT2D eigenvalue weighted by Crippen LogP contribution is -2.61. The molecule has 3 rings (SSSR count). The van der Waals surface area contributed by atoms with Crippen molar-refractivity contribution >= 4 is 0 Å². The summed E-state index contributed by atoms with van der Waals surface area (Å²) >= 11 is 0. The Bertz CT molecular complexity index is 551. The van der Waals surface area contributed by atoms with E-state index in [2.05, 4.69) is 10.0 Å². The Morgan fingerprint density at radius 3 is 2.77 bits per heavy atom. The molecule has 6 atom stereocenters. The Hall–Kier alpha value is -1.67. The van der Waals surface area contributed by atoms with Crippen LogP contribution in [0.1, 0.15) is 11.9 Å². The lowest BCUT2D eigenvalue weighted by molar-refractivity contribution is -0.338. The van der Waals surface area contributed by atoms with Gasteiger partial charge in [-0.05, 0) is 5.53 Å². The molecule has 8 nitrogen and oxygen atoms in total. The van der Waals surface area contributed by atoms with E-state index in [0.29, 0.717) is 0 Å². The van der Waals surface area contributed by atoms with Crippen molar-refractivity contribution in [1.82, 2.24) is 0 Å². The van der Waals surface area contributed by atoms with Crippen LogP contribution >= 0.6 is 0 Å². The van der Waals surface area contributed by atoms with E-state index < -0.39 is 36.9 Å². The predicted octanol–water partition coefficient (Wildman–Crippen LogP) is 1.51. The third kappa shape index (κ3) is 2.80. The molecule has 1 aromatic carbocycles. The van der Waals surface area contributed by atoms with Crippen LogP contribution in [-0.2, 0) is 18.9 Å². The monoisotopic (exact) mass is 307 g/mol. The summed E-state index contributed by atoms with van der Waals surface area (Å²) < 4.78 is 22.3. The average Bonchev–Trinajstić information content (AvgIpc) is 2.58. The van der Waals surface area contributed by atoms with Crippen molar-refractivity contribution in [3.05, 3.63) is 46.3 Å². The SMILES string of the molecule is CO[C@H]1O[C@@H]2CO[C@H](c3ccccc3)O[C@H]2[C@@H](O)[C@H]1N=[N+]=[N-]. The molecule has 22 heavy (non-hydrogen) atoms. The molecule has 2 aliphatic rings. The Morgan fingerprint density at radius 1 is 1.32 bits per heavy atom. The molecule has 0 radical (unpaired) electrons. The van der Waals surface area contributed by atoms with E-state index in [4.69, 9.17) is 24.5 Å². The minimum Gasteiger partial charge on any atom is -0.390 e. The second kappa shape index (κ2) is 6.62. The van der Waals surface area contributed by atoms with Crippen LogP contribution in [0.15, 0.2) is 35.4 Å². The lowest BCUT2D eigenvalue weighted by Gasteiger charge is -2.46. The zero-order valence-corrected chi connectivity index (χ0v) is 12.0. The number of azide groups is 1. The van der Waals surface area contributed by atoms with E-state index in [1.165, 1.54) is 7.11 Å². The van der Waals surface area contributed by atoms with Gasteiger partial charge in [-0.3, -0.25) is 0 Å². The first-order chi connectivity index (χ1) is 10.7. The summed E-state index contributed by atoms with van der Waals surface area (Å²) in [6.45, 7) is 0.254. The second-order valence-corrected chi connectivity index (χ2v) is 5.14. The fourth-order valence-corrected chi connectivity index (χ4v) is 2.73. The Labute approximate surface area is 127 Å². The minimum atomic E-state index is -1.03. The highest BCUT2D eigenvalue weighted by atomic mass is 16.7. The van der Waals surface area contributed by atoms with Crippen LogP contribution in [0.4, 0.5) is 0 Å². The number of ether oxygens (including phenoxy) is 4. The molecular weight excluding hydrogens is 290 g/mol. The van der Waals surface area contributed by atoms with Gasteiger partial charge in [0.2, 0.25) is 0 Å². The van der Waals surface area contributed by atoms with Crippen LogP contribution in [0.3, 0.4) is 0 Å². The third-order valence-electron chi connectivity index (χ3n) is 3.82. The summed E-state index contributed by atoms with van der Waals surface area (Å²) in [7, 11) is 1.43. The van der Waals surface area contributed by atoms with Gasteiger partial charge in [0.1, 0.15) is 18.2 Å². The van der Waals surface area contributed by atoms with Gasteiger partial charge in [0, 0.05) is 17.6 Å². The van der Waals surface area contributed by atoms with Crippen LogP contribution in [0.2, 0.25) is 0 Å². The topological polar surface area (TPSA) is 106 Å². The molecule has 0 unspecified atom stereocenters. The summed E-state index contributed by atoms with van der Waals surface area (Å²) in [5, 5.41) is 14.0. The molecule has 2 fully saturated rings. The molecule has 8 heteroatoms. The standard InChI is InChI=1S/C14H17N3O5/c1-19-14-10(16-17-15)11(18)12-9(21-14)7-20-13(22-12)8-5-3-2-4-6-8/h2-6,9-14,18H,7H2,1H3/t9-,10-,11+,12-,13+,14+/m1/s1. The highest BCUT2D eigenvalue weighted by Gasteiger charge is 2.49. The first-order valence-corrected chi connectivity index (χ1v) is 6.97. The minimum absolute atomic E-state index is 0.254. The number of fused-ring (bicyclic) bond motifs is 1. The van der Waals surface area contributed by atoms with Crippen molar-refractivity contribution in [2.24, 2.45) is 5.11 Å². The van der Waals surface area contributed by atoms with Crippen molar-refractivity contribution in [3.8, 4) is 0 Å². The largest absolute Gasteiger partial charge is 0.390 e. The zero-order valence-electron chi connectivity index (χ0n) is 12.0. The fraction of sp³-hybridized carbons (Fsp3) is 0.571. The number of benzene rings is 1. The van der Waals surface area contributed by atoms with Gasteiger partial charge in [-0.2, -0.15) is 0 Å². The molecule has 0 amide bonds. The molecule has 0 aromatic heterocycles. The first kappa shape index (κ1) is 15.2. The summed E-state index contributed by atoms with van der Waals surface area (Å²) in [5.74, 6) is 0. The maximum absolute atomic E-state index is 10.5. The number of nitrogens with zero attached hydrogens (tertiary/aromatic N) is 3. The quantitative estimate of drug-likeness (QED) is 0.517. The predicted molar refractivity (Wildman–Crippen MR) is 74.6 cm³/mol. The van der Waals surface area contributed by atoms with Gasteiger partial charge in [0.05, 0.1) is 12.7 Å². The lowest BCUT2D eigenvalue weighted by atomic mass is 9.96. The van der Waals surface area contributed by atoms with Gasteiger partial charge in [0.15, 0.2) is 12.6 Å². The molecule has 118 valence electrons. The fourth-order valence-electron chi connectivity index (χ4n) is 2.73. The van der Waals surface area contributed by atoms with Crippen molar-refractivity contribution in [1.29, 1.82) is 0 Å². The zero-order chi connectivity index (χ0) is 15.5. The normalized spacial score (nSPS) is 37.9. The maximum Gasteiger partial charge on any atom is 0.184 e. The summed E-state index contributed by atoms with van der Waals surface area (Å²) in [4.78, 5) is 2.74. The molecule has 1 aromatic rings. The van der Waals surface area contributed by atoms with Crippen molar-refractivity contribution in [2.45, 2.75) is 36.9 Å². The van der Waals surface area contributed by atoms with Gasteiger partial charge >= 0.3 is 0 Å². The molecule has 0 spiro atoms. The van der Waals surface area contributed by atoms with E-state index in [-0.39, 0.29) is 6.61 Å². The summed E-state index contributed by atoms with van der Waals surface area (Å²) in [6.07, 6.45) is -3.58. The third-order valence-corrected chi connectivity index (χ3v) is 3.82. The smallest absolute Gasteiger partial charge is 0.184 e. The van der Waals surface area contributed by atoms with Crippen molar-refractivity contribution in [3.63, 3.8) is 0 Å². The number of hydrogen-bond acceptors (Lipinski definition) is 6. The Morgan fingerprint density at radius 2 is 2.09 bits per heavy atom. The van der Waals surface area contributed by atoms with Crippen molar-refractivity contribution in [2.75, 3.05) is 13.7 Å². The molecule has 2 saturated heterocycles. The highest BCUT2D eigenvalue weighted by molar-refractivity contribution is 5.16. The number of aliphatic hydroxyl groups is 1. The van der Waals surface area contributed by atoms with E-state index in [1.54, 1.807) is 0 Å². The van der Waals surface area contributed by atoms with Crippen LogP contribution < -0.4 is 0 Å². The highest BCUT2D eigenvalue weighted by Crippen LogP contribution is 2.35. The van der Waals surface area contributed by atoms with Crippen molar-refractivity contribution < 1.29 is 24.1 Å². The Kier molecular flexibility index (Phi) is 4.58. The summed E-state index contributed by atoms with van der Waals surface area (Å²) in [5.41, 5.74) is 9.50. The molecule has 0 bridgehead atoms. The van der Waals surface area contributed by atoms with Crippen LogP contribution in [0.25, 0.3) is 10.4 Å². The van der Waals surface area contributed by atoms with Gasteiger partial charge in [-0.15, -0.1) is 0 Å². The number of aliphatic hydroxyl groups excluding tert-OH is 1. The number of rotatable bonds is 3.